The highest BCUT2D eigenvalue weighted by Gasteiger charge is 2.26. The molecule has 1 unspecified atom stereocenters. The zero-order valence-electron chi connectivity index (χ0n) is 13.0. The van der Waals surface area contributed by atoms with Crippen LogP contribution in [0.3, 0.4) is 0 Å². The summed E-state index contributed by atoms with van der Waals surface area (Å²) in [7, 11) is 0. The fraction of sp³-hybridized carbons (Fsp3) is 0.375. The summed E-state index contributed by atoms with van der Waals surface area (Å²) in [6.07, 6.45) is 1.75. The molecule has 1 atom stereocenters. The van der Waals surface area contributed by atoms with Crippen LogP contribution >= 0.6 is 12.4 Å². The van der Waals surface area contributed by atoms with Crippen LogP contribution < -0.4 is 10.6 Å². The van der Waals surface area contributed by atoms with Gasteiger partial charge in [0.15, 0.2) is 0 Å². The van der Waals surface area contributed by atoms with Crippen LogP contribution in [0.1, 0.15) is 24.2 Å². The van der Waals surface area contributed by atoms with Gasteiger partial charge in [-0.1, -0.05) is 0 Å². The standard InChI is InChI=1S/C16H19FN4O.ClH/c1-10(20-16(22)12-7-18-8-12)15-9-19-21(11(15)2)14-5-3-13(17)4-6-14;/h3-6,9-10,12,18H,7-8H2,1-2H3,(H,20,22);1H. The minimum atomic E-state index is -0.275. The number of carbonyl (C=O) groups excluding carboxylic acids is 1. The third-order valence-corrected chi connectivity index (χ3v) is 4.10. The van der Waals surface area contributed by atoms with Crippen LogP contribution in [0.4, 0.5) is 4.39 Å². The number of halogens is 2. The third kappa shape index (κ3) is 3.54. The Morgan fingerprint density at radius 2 is 2.04 bits per heavy atom. The summed E-state index contributed by atoms with van der Waals surface area (Å²) in [5.41, 5.74) is 2.70. The highest BCUT2D eigenvalue weighted by Crippen LogP contribution is 2.21. The van der Waals surface area contributed by atoms with Gasteiger partial charge in [-0.05, 0) is 38.1 Å². The molecule has 124 valence electrons. The molecule has 1 saturated heterocycles. The number of nitrogens with zero attached hydrogens (tertiary/aromatic N) is 2. The van der Waals surface area contributed by atoms with Gasteiger partial charge in [-0.3, -0.25) is 4.79 Å². The van der Waals surface area contributed by atoms with E-state index in [0.29, 0.717) is 0 Å². The number of amides is 1. The Morgan fingerprint density at radius 1 is 1.39 bits per heavy atom. The number of carbonyl (C=O) groups is 1. The van der Waals surface area contributed by atoms with Crippen molar-refractivity contribution in [1.29, 1.82) is 0 Å². The predicted molar refractivity (Wildman–Crippen MR) is 88.4 cm³/mol. The minimum absolute atomic E-state index is 0. The van der Waals surface area contributed by atoms with Gasteiger partial charge in [0.2, 0.25) is 5.91 Å². The summed E-state index contributed by atoms with van der Waals surface area (Å²) < 4.78 is 14.8. The van der Waals surface area contributed by atoms with E-state index in [-0.39, 0.29) is 36.1 Å². The van der Waals surface area contributed by atoms with Gasteiger partial charge in [-0.2, -0.15) is 5.10 Å². The van der Waals surface area contributed by atoms with E-state index in [0.717, 1.165) is 30.0 Å². The molecule has 0 bridgehead atoms. The Bertz CT molecular complexity index is 682. The van der Waals surface area contributed by atoms with E-state index in [4.69, 9.17) is 0 Å². The van der Waals surface area contributed by atoms with Gasteiger partial charge in [0, 0.05) is 24.3 Å². The Labute approximate surface area is 140 Å². The summed E-state index contributed by atoms with van der Waals surface area (Å²) in [4.78, 5) is 12.0. The van der Waals surface area contributed by atoms with Crippen molar-refractivity contribution in [3.63, 3.8) is 0 Å². The number of nitrogens with one attached hydrogen (secondary N) is 2. The molecule has 0 saturated carbocycles. The smallest absolute Gasteiger partial charge is 0.226 e. The van der Waals surface area contributed by atoms with Gasteiger partial charge >= 0.3 is 0 Å². The fourth-order valence-corrected chi connectivity index (χ4v) is 2.57. The molecule has 0 radical (unpaired) electrons. The summed E-state index contributed by atoms with van der Waals surface area (Å²) in [5, 5.41) is 10.5. The topological polar surface area (TPSA) is 59.0 Å². The molecule has 1 aromatic carbocycles. The average molecular weight is 339 g/mol. The first-order chi connectivity index (χ1) is 10.6. The molecular weight excluding hydrogens is 319 g/mol. The highest BCUT2D eigenvalue weighted by atomic mass is 35.5. The van der Waals surface area contributed by atoms with E-state index in [2.05, 4.69) is 15.7 Å². The van der Waals surface area contributed by atoms with Crippen molar-refractivity contribution in [2.24, 2.45) is 5.92 Å². The number of hydrogen-bond acceptors (Lipinski definition) is 3. The molecule has 0 spiro atoms. The van der Waals surface area contributed by atoms with Crippen LogP contribution in [0.2, 0.25) is 0 Å². The molecule has 1 fully saturated rings. The normalized spacial score (nSPS) is 15.4. The maximum atomic E-state index is 13.0. The first-order valence-electron chi connectivity index (χ1n) is 7.38. The molecular formula is C16H20ClFN4O. The molecule has 2 heterocycles. The molecule has 1 aromatic heterocycles. The molecule has 0 aliphatic carbocycles. The van der Waals surface area contributed by atoms with Crippen LogP contribution in [0.15, 0.2) is 30.5 Å². The molecule has 3 rings (SSSR count). The van der Waals surface area contributed by atoms with Crippen molar-refractivity contribution in [3.8, 4) is 5.69 Å². The summed E-state index contributed by atoms with van der Waals surface area (Å²) in [5.74, 6) is -0.140. The highest BCUT2D eigenvalue weighted by molar-refractivity contribution is 5.85. The van der Waals surface area contributed by atoms with Gasteiger partial charge < -0.3 is 10.6 Å². The van der Waals surface area contributed by atoms with Crippen LogP contribution in [0.5, 0.6) is 0 Å². The van der Waals surface area contributed by atoms with Gasteiger partial charge in [-0.25, -0.2) is 9.07 Å². The van der Waals surface area contributed by atoms with E-state index in [9.17, 15) is 9.18 Å². The van der Waals surface area contributed by atoms with Crippen LogP contribution in [0.25, 0.3) is 5.69 Å². The van der Waals surface area contributed by atoms with Gasteiger partial charge in [-0.15, -0.1) is 12.4 Å². The van der Waals surface area contributed by atoms with Crippen LogP contribution in [-0.4, -0.2) is 28.8 Å². The van der Waals surface area contributed by atoms with Gasteiger partial charge in [0.05, 0.1) is 23.8 Å². The zero-order chi connectivity index (χ0) is 15.7. The van der Waals surface area contributed by atoms with Crippen LogP contribution in [-0.2, 0) is 4.79 Å². The molecule has 7 heteroatoms. The SMILES string of the molecule is Cc1c(C(C)NC(=O)C2CNC2)cnn1-c1ccc(F)cc1.Cl. The first-order valence-corrected chi connectivity index (χ1v) is 7.38. The zero-order valence-corrected chi connectivity index (χ0v) is 13.9. The molecule has 2 aromatic rings. The van der Waals surface area contributed by atoms with Crippen molar-refractivity contribution in [1.82, 2.24) is 20.4 Å². The van der Waals surface area contributed by atoms with Gasteiger partial charge in [0.25, 0.3) is 0 Å². The van der Waals surface area contributed by atoms with Crippen molar-refractivity contribution in [2.45, 2.75) is 19.9 Å². The van der Waals surface area contributed by atoms with Gasteiger partial charge in [0.1, 0.15) is 5.82 Å². The summed E-state index contributed by atoms with van der Waals surface area (Å²) in [6.45, 7) is 5.38. The van der Waals surface area contributed by atoms with Crippen molar-refractivity contribution < 1.29 is 9.18 Å². The lowest BCUT2D eigenvalue weighted by Crippen LogP contribution is -2.51. The molecule has 2 N–H and O–H groups in total. The average Bonchev–Trinajstić information content (AvgIpc) is 2.79. The quantitative estimate of drug-likeness (QED) is 0.898. The Morgan fingerprint density at radius 3 is 2.61 bits per heavy atom. The summed E-state index contributed by atoms with van der Waals surface area (Å²) in [6, 6.07) is 6.07. The number of aromatic nitrogens is 2. The molecule has 1 amide bonds. The Kier molecular flexibility index (Phi) is 5.38. The number of benzene rings is 1. The van der Waals surface area contributed by atoms with E-state index in [1.54, 1.807) is 23.0 Å². The monoisotopic (exact) mass is 338 g/mol. The van der Waals surface area contributed by atoms with Crippen molar-refractivity contribution in [3.05, 3.63) is 47.5 Å². The lowest BCUT2D eigenvalue weighted by atomic mass is 10.0. The van der Waals surface area contributed by atoms with E-state index in [1.807, 2.05) is 13.8 Å². The molecule has 5 nitrogen and oxygen atoms in total. The first kappa shape index (κ1) is 17.4. The number of rotatable bonds is 4. The second kappa shape index (κ2) is 7.10. The largest absolute Gasteiger partial charge is 0.349 e. The molecule has 1 aliphatic heterocycles. The van der Waals surface area contributed by atoms with Crippen molar-refractivity contribution in [2.75, 3.05) is 13.1 Å². The second-order valence-corrected chi connectivity index (χ2v) is 5.66. The van der Waals surface area contributed by atoms with E-state index >= 15 is 0 Å². The Balaban J connectivity index is 0.00000192. The molecule has 1 aliphatic rings. The minimum Gasteiger partial charge on any atom is -0.349 e. The maximum absolute atomic E-state index is 13.0. The summed E-state index contributed by atoms with van der Waals surface area (Å²) >= 11 is 0. The lowest BCUT2D eigenvalue weighted by molar-refractivity contribution is -0.127. The third-order valence-electron chi connectivity index (χ3n) is 4.10. The van der Waals surface area contributed by atoms with Crippen LogP contribution in [0, 0.1) is 18.7 Å². The van der Waals surface area contributed by atoms with E-state index < -0.39 is 0 Å². The second-order valence-electron chi connectivity index (χ2n) is 5.66. The maximum Gasteiger partial charge on any atom is 0.226 e. The number of hydrogen-bond donors (Lipinski definition) is 2. The fourth-order valence-electron chi connectivity index (χ4n) is 2.57. The van der Waals surface area contributed by atoms with E-state index in [1.165, 1.54) is 12.1 Å². The van der Waals surface area contributed by atoms with Crippen molar-refractivity contribution >= 4 is 18.3 Å². The Hall–Kier alpha value is -1.92. The predicted octanol–water partition coefficient (Wildman–Crippen LogP) is 2.14. The lowest BCUT2D eigenvalue weighted by Gasteiger charge is -2.27. The molecule has 23 heavy (non-hydrogen) atoms.